The van der Waals surface area contributed by atoms with E-state index in [4.69, 9.17) is 4.74 Å². The summed E-state index contributed by atoms with van der Waals surface area (Å²) in [4.78, 5) is 3.33. The Morgan fingerprint density at radius 1 is 1.14 bits per heavy atom. The molecule has 116 valence electrons. The van der Waals surface area contributed by atoms with E-state index in [0.717, 1.165) is 35.8 Å². The van der Waals surface area contributed by atoms with Crippen molar-refractivity contribution >= 4 is 15.9 Å². The Morgan fingerprint density at radius 3 is 2.57 bits per heavy atom. The molecule has 3 rings (SSSR count). The van der Waals surface area contributed by atoms with Gasteiger partial charge >= 0.3 is 0 Å². The summed E-state index contributed by atoms with van der Waals surface area (Å²) in [6, 6.07) is 6.53. The van der Waals surface area contributed by atoms with Crippen molar-refractivity contribution in [1.29, 1.82) is 0 Å². The number of hydrogen-bond donors (Lipinski definition) is 3. The minimum atomic E-state index is 0.423. The molecule has 2 saturated heterocycles. The highest BCUT2D eigenvalue weighted by Gasteiger charge is 2.31. The summed E-state index contributed by atoms with van der Waals surface area (Å²) in [7, 11) is 0. The van der Waals surface area contributed by atoms with Gasteiger partial charge < -0.3 is 19.6 Å². The molecule has 0 spiro atoms. The quantitative estimate of drug-likeness (QED) is 0.690. The van der Waals surface area contributed by atoms with E-state index in [-0.39, 0.29) is 0 Å². The Bertz CT molecular complexity index is 469. The van der Waals surface area contributed by atoms with Gasteiger partial charge in [0.25, 0.3) is 0 Å². The van der Waals surface area contributed by atoms with Crippen LogP contribution in [0.25, 0.3) is 0 Å². The standard InChI is InChI=1S/C16H23BrN2O2/c17-14-1-2-16(20)13(11-14)12-18-5-3-15(4-6-18)19-7-9-21-10-8-19/h1-2,11,15,20H,3-10,12H2/p+2. The third-order valence-corrected chi connectivity index (χ3v) is 5.38. The maximum atomic E-state index is 9.97. The van der Waals surface area contributed by atoms with E-state index < -0.39 is 0 Å². The number of rotatable bonds is 3. The van der Waals surface area contributed by atoms with Crippen LogP contribution in [0.1, 0.15) is 18.4 Å². The van der Waals surface area contributed by atoms with Crippen LogP contribution in [0.3, 0.4) is 0 Å². The summed E-state index contributed by atoms with van der Waals surface area (Å²) in [5.74, 6) is 0.423. The second-order valence-electron chi connectivity index (χ2n) is 6.24. The normalized spacial score (nSPS) is 27.7. The van der Waals surface area contributed by atoms with Crippen molar-refractivity contribution < 1.29 is 19.6 Å². The highest BCUT2D eigenvalue weighted by molar-refractivity contribution is 9.10. The summed E-state index contributed by atoms with van der Waals surface area (Å²) in [5, 5.41) is 9.97. The van der Waals surface area contributed by atoms with Crippen LogP contribution < -0.4 is 9.80 Å². The Kier molecular flexibility index (Phi) is 5.16. The molecule has 0 aliphatic carbocycles. The van der Waals surface area contributed by atoms with Gasteiger partial charge in [0, 0.05) is 22.9 Å². The molecule has 2 aliphatic rings. The Morgan fingerprint density at radius 2 is 1.86 bits per heavy atom. The molecule has 1 aromatic carbocycles. The van der Waals surface area contributed by atoms with E-state index in [1.165, 1.54) is 39.0 Å². The lowest BCUT2D eigenvalue weighted by Crippen LogP contribution is -3.21. The molecule has 1 aromatic rings. The van der Waals surface area contributed by atoms with Gasteiger partial charge in [0.2, 0.25) is 0 Å². The second-order valence-corrected chi connectivity index (χ2v) is 7.16. The van der Waals surface area contributed by atoms with E-state index >= 15 is 0 Å². The van der Waals surface area contributed by atoms with Gasteiger partial charge in [-0.15, -0.1) is 0 Å². The van der Waals surface area contributed by atoms with Crippen molar-refractivity contribution in [2.75, 3.05) is 39.4 Å². The first-order valence-corrected chi connectivity index (χ1v) is 8.75. The van der Waals surface area contributed by atoms with Crippen LogP contribution >= 0.6 is 15.9 Å². The lowest BCUT2D eigenvalue weighted by atomic mass is 10.0. The van der Waals surface area contributed by atoms with Crippen molar-refractivity contribution in [3.63, 3.8) is 0 Å². The van der Waals surface area contributed by atoms with Gasteiger partial charge in [0.15, 0.2) is 0 Å². The van der Waals surface area contributed by atoms with Crippen LogP contribution in [0.4, 0.5) is 0 Å². The molecular formula is C16H25BrN2O2+2. The summed E-state index contributed by atoms with van der Waals surface area (Å²) in [6.07, 6.45) is 2.58. The van der Waals surface area contributed by atoms with E-state index in [0.29, 0.717) is 5.75 Å². The third-order valence-electron chi connectivity index (χ3n) is 4.89. The first kappa shape index (κ1) is 15.3. The fraction of sp³-hybridized carbons (Fsp3) is 0.625. The van der Waals surface area contributed by atoms with Crippen molar-refractivity contribution in [1.82, 2.24) is 0 Å². The van der Waals surface area contributed by atoms with Crippen LogP contribution in [0.2, 0.25) is 0 Å². The van der Waals surface area contributed by atoms with Crippen molar-refractivity contribution in [2.24, 2.45) is 0 Å². The summed E-state index contributed by atoms with van der Waals surface area (Å²) in [5.41, 5.74) is 1.05. The van der Waals surface area contributed by atoms with Crippen LogP contribution in [-0.4, -0.2) is 50.5 Å². The van der Waals surface area contributed by atoms with E-state index in [2.05, 4.69) is 15.9 Å². The number of piperidine rings is 1. The Hall–Kier alpha value is -0.620. The van der Waals surface area contributed by atoms with E-state index in [1.807, 2.05) is 12.1 Å². The average Bonchev–Trinajstić information content (AvgIpc) is 2.53. The number of phenolic OH excluding ortho intramolecular Hbond substituents is 1. The molecule has 21 heavy (non-hydrogen) atoms. The Labute approximate surface area is 134 Å². The van der Waals surface area contributed by atoms with Crippen LogP contribution in [-0.2, 0) is 11.3 Å². The molecule has 0 unspecified atom stereocenters. The monoisotopic (exact) mass is 356 g/mol. The minimum absolute atomic E-state index is 0.423. The highest BCUT2D eigenvalue weighted by Crippen LogP contribution is 2.21. The third kappa shape index (κ3) is 3.97. The number of aromatic hydroxyl groups is 1. The van der Waals surface area contributed by atoms with Gasteiger partial charge in [-0.3, -0.25) is 0 Å². The fourth-order valence-electron chi connectivity index (χ4n) is 3.62. The van der Waals surface area contributed by atoms with Gasteiger partial charge in [-0.25, -0.2) is 0 Å². The second kappa shape index (κ2) is 7.09. The van der Waals surface area contributed by atoms with Gasteiger partial charge in [-0.05, 0) is 18.2 Å². The van der Waals surface area contributed by atoms with Crippen LogP contribution in [0.15, 0.2) is 22.7 Å². The maximum absolute atomic E-state index is 9.97. The molecule has 0 amide bonds. The van der Waals surface area contributed by atoms with E-state index in [1.54, 1.807) is 15.9 Å². The number of benzene rings is 1. The van der Waals surface area contributed by atoms with Crippen molar-refractivity contribution in [3.8, 4) is 5.75 Å². The van der Waals surface area contributed by atoms with Gasteiger partial charge in [0.1, 0.15) is 25.4 Å². The zero-order valence-electron chi connectivity index (χ0n) is 12.4. The number of phenols is 1. The molecule has 2 aliphatic heterocycles. The fourth-order valence-corrected chi connectivity index (χ4v) is 4.03. The summed E-state index contributed by atoms with van der Waals surface area (Å²) in [6.45, 7) is 7.54. The predicted molar refractivity (Wildman–Crippen MR) is 84.7 cm³/mol. The molecule has 2 heterocycles. The summed E-state index contributed by atoms with van der Waals surface area (Å²) < 4.78 is 6.50. The number of hydrogen-bond acceptors (Lipinski definition) is 2. The van der Waals surface area contributed by atoms with Crippen molar-refractivity contribution in [3.05, 3.63) is 28.2 Å². The van der Waals surface area contributed by atoms with Gasteiger partial charge in [-0.2, -0.15) is 0 Å². The number of morpholine rings is 1. The van der Waals surface area contributed by atoms with Crippen LogP contribution in [0.5, 0.6) is 5.75 Å². The lowest BCUT2D eigenvalue weighted by Gasteiger charge is -2.36. The first-order valence-electron chi connectivity index (χ1n) is 7.95. The zero-order chi connectivity index (χ0) is 14.7. The predicted octanol–water partition coefficient (Wildman–Crippen LogP) is -0.383. The smallest absolute Gasteiger partial charge is 0.124 e. The molecule has 0 aromatic heterocycles. The molecule has 4 nitrogen and oxygen atoms in total. The largest absolute Gasteiger partial charge is 0.507 e. The molecule has 5 heteroatoms. The SMILES string of the molecule is Oc1ccc(Br)cc1C[NH+]1CCC([NH+]2CCOCC2)CC1. The number of nitrogens with one attached hydrogen (secondary N) is 2. The zero-order valence-corrected chi connectivity index (χ0v) is 14.0. The molecule has 2 fully saturated rings. The molecular weight excluding hydrogens is 332 g/mol. The van der Waals surface area contributed by atoms with Gasteiger partial charge in [-0.1, -0.05) is 15.9 Å². The topological polar surface area (TPSA) is 38.3 Å². The number of likely N-dealkylation sites (tertiary alicyclic amines) is 1. The lowest BCUT2D eigenvalue weighted by molar-refractivity contribution is -0.967. The summed E-state index contributed by atoms with van der Waals surface area (Å²) >= 11 is 3.49. The maximum Gasteiger partial charge on any atom is 0.124 e. The highest BCUT2D eigenvalue weighted by atomic mass is 79.9. The first-order chi connectivity index (χ1) is 10.2. The van der Waals surface area contributed by atoms with Crippen LogP contribution in [0, 0.1) is 0 Å². The number of quaternary nitrogens is 2. The molecule has 3 N–H and O–H groups in total. The van der Waals surface area contributed by atoms with E-state index in [9.17, 15) is 5.11 Å². The van der Waals surface area contributed by atoms with Gasteiger partial charge in [0.05, 0.1) is 32.3 Å². The van der Waals surface area contributed by atoms with Crippen molar-refractivity contribution in [2.45, 2.75) is 25.4 Å². The molecule has 0 atom stereocenters. The average molecular weight is 357 g/mol. The number of halogens is 1. The molecule has 0 saturated carbocycles. The minimum Gasteiger partial charge on any atom is -0.507 e. The molecule has 0 radical (unpaired) electrons. The number of ether oxygens (including phenoxy) is 1. The Balaban J connectivity index is 1.52. The molecule has 0 bridgehead atoms.